The van der Waals surface area contributed by atoms with Crippen LogP contribution >= 0.6 is 11.6 Å². The Kier molecular flexibility index (Phi) is 4.46. The topological polar surface area (TPSA) is 39.1 Å². The first-order valence-corrected chi connectivity index (χ1v) is 7.78. The Bertz CT molecular complexity index is 607. The van der Waals surface area contributed by atoms with Crippen LogP contribution in [-0.2, 0) is 13.2 Å². The molecule has 1 aromatic heterocycles. The van der Waals surface area contributed by atoms with E-state index in [9.17, 15) is 0 Å². The van der Waals surface area contributed by atoms with Gasteiger partial charge in [-0.15, -0.1) is 0 Å². The molecular formula is C16H20ClN3O. The number of imidazole rings is 1. The van der Waals surface area contributed by atoms with E-state index in [1.165, 1.54) is 12.8 Å². The lowest BCUT2D eigenvalue weighted by molar-refractivity contribution is 0.295. The fraction of sp³-hybridized carbons (Fsp3) is 0.438. The van der Waals surface area contributed by atoms with E-state index in [-0.39, 0.29) is 0 Å². The number of nitrogens with zero attached hydrogens (tertiary/aromatic N) is 2. The fourth-order valence-corrected chi connectivity index (χ4v) is 2.58. The Balaban J connectivity index is 1.63. The maximum atomic E-state index is 6.29. The summed E-state index contributed by atoms with van der Waals surface area (Å²) in [7, 11) is 0. The zero-order valence-corrected chi connectivity index (χ0v) is 12.9. The minimum atomic E-state index is 0.503. The molecule has 1 N–H and O–H groups in total. The normalized spacial score (nSPS) is 14.4. The highest BCUT2D eigenvalue weighted by molar-refractivity contribution is 6.32. The summed E-state index contributed by atoms with van der Waals surface area (Å²) < 4.78 is 8.05. The second-order valence-corrected chi connectivity index (χ2v) is 5.76. The van der Waals surface area contributed by atoms with Crippen LogP contribution in [0.1, 0.15) is 37.1 Å². The maximum absolute atomic E-state index is 6.29. The van der Waals surface area contributed by atoms with Crippen LogP contribution in [0.4, 0.5) is 0 Å². The summed E-state index contributed by atoms with van der Waals surface area (Å²) >= 11 is 6.29. The Morgan fingerprint density at radius 3 is 3.00 bits per heavy atom. The van der Waals surface area contributed by atoms with Gasteiger partial charge in [0.1, 0.15) is 12.4 Å². The SMILES string of the molecule is CCNCc1ccc(OCc2cncn2C2CC2)c(Cl)c1. The van der Waals surface area contributed by atoms with Crippen molar-refractivity contribution in [1.29, 1.82) is 0 Å². The van der Waals surface area contributed by atoms with E-state index >= 15 is 0 Å². The molecule has 3 rings (SSSR count). The molecule has 0 bridgehead atoms. The first-order valence-electron chi connectivity index (χ1n) is 7.40. The van der Waals surface area contributed by atoms with Crippen LogP contribution in [0.25, 0.3) is 0 Å². The molecule has 1 fully saturated rings. The monoisotopic (exact) mass is 305 g/mol. The van der Waals surface area contributed by atoms with Crippen molar-refractivity contribution in [3.05, 3.63) is 47.0 Å². The van der Waals surface area contributed by atoms with Crippen molar-refractivity contribution in [1.82, 2.24) is 14.9 Å². The van der Waals surface area contributed by atoms with Gasteiger partial charge in [0, 0.05) is 12.6 Å². The van der Waals surface area contributed by atoms with E-state index in [1.54, 1.807) is 0 Å². The van der Waals surface area contributed by atoms with Gasteiger partial charge >= 0.3 is 0 Å². The zero-order chi connectivity index (χ0) is 14.7. The van der Waals surface area contributed by atoms with Gasteiger partial charge in [0.15, 0.2) is 0 Å². The third-order valence-corrected chi connectivity index (χ3v) is 3.93. The van der Waals surface area contributed by atoms with Gasteiger partial charge in [-0.2, -0.15) is 0 Å². The van der Waals surface area contributed by atoms with Crippen molar-refractivity contribution in [2.45, 2.75) is 39.0 Å². The molecule has 2 aromatic rings. The quantitative estimate of drug-likeness (QED) is 0.850. The van der Waals surface area contributed by atoms with Gasteiger partial charge in [-0.25, -0.2) is 4.98 Å². The summed E-state index contributed by atoms with van der Waals surface area (Å²) in [5.41, 5.74) is 2.27. The van der Waals surface area contributed by atoms with Crippen molar-refractivity contribution < 1.29 is 4.74 Å². The third kappa shape index (κ3) is 3.57. The third-order valence-electron chi connectivity index (χ3n) is 3.64. The van der Waals surface area contributed by atoms with E-state index in [0.29, 0.717) is 17.7 Å². The molecule has 1 saturated carbocycles. The molecule has 5 heteroatoms. The Morgan fingerprint density at radius 2 is 2.29 bits per heavy atom. The highest BCUT2D eigenvalue weighted by Crippen LogP contribution is 2.36. The van der Waals surface area contributed by atoms with Gasteiger partial charge in [-0.1, -0.05) is 24.6 Å². The lowest BCUT2D eigenvalue weighted by Crippen LogP contribution is -2.11. The Labute approximate surface area is 130 Å². The predicted octanol–water partition coefficient (Wildman–Crippen LogP) is 3.56. The second-order valence-electron chi connectivity index (χ2n) is 5.36. The zero-order valence-electron chi connectivity index (χ0n) is 12.2. The van der Waals surface area contributed by atoms with Crippen molar-refractivity contribution in [2.75, 3.05) is 6.54 Å². The van der Waals surface area contributed by atoms with Crippen LogP contribution in [0.2, 0.25) is 5.02 Å². The lowest BCUT2D eigenvalue weighted by atomic mass is 10.2. The van der Waals surface area contributed by atoms with E-state index in [1.807, 2.05) is 30.7 Å². The second kappa shape index (κ2) is 6.50. The summed E-state index contributed by atoms with van der Waals surface area (Å²) in [6.07, 6.45) is 6.23. The highest BCUT2D eigenvalue weighted by atomic mass is 35.5. The minimum absolute atomic E-state index is 0.503. The van der Waals surface area contributed by atoms with Crippen LogP contribution in [0.3, 0.4) is 0 Å². The number of nitrogens with one attached hydrogen (secondary N) is 1. The predicted molar refractivity (Wildman–Crippen MR) is 83.7 cm³/mol. The Morgan fingerprint density at radius 1 is 1.43 bits per heavy atom. The molecule has 21 heavy (non-hydrogen) atoms. The minimum Gasteiger partial charge on any atom is -0.486 e. The van der Waals surface area contributed by atoms with Crippen LogP contribution in [0, 0.1) is 0 Å². The van der Waals surface area contributed by atoms with Crippen LogP contribution in [-0.4, -0.2) is 16.1 Å². The molecule has 112 valence electrons. The lowest BCUT2D eigenvalue weighted by Gasteiger charge is -2.11. The molecule has 0 aliphatic heterocycles. The summed E-state index contributed by atoms with van der Waals surface area (Å²) in [5.74, 6) is 0.723. The number of aromatic nitrogens is 2. The van der Waals surface area contributed by atoms with Gasteiger partial charge in [0.05, 0.1) is 23.2 Å². The molecule has 1 aliphatic carbocycles. The summed E-state index contributed by atoms with van der Waals surface area (Å²) in [6.45, 7) is 4.36. The maximum Gasteiger partial charge on any atom is 0.138 e. The molecule has 1 heterocycles. The standard InChI is InChI=1S/C16H20ClN3O/c1-2-18-8-12-3-6-16(15(17)7-12)21-10-14-9-19-11-20(14)13-4-5-13/h3,6-7,9,11,13,18H,2,4-5,8,10H2,1H3. The van der Waals surface area contributed by atoms with E-state index in [2.05, 4.69) is 21.8 Å². The number of rotatable bonds is 7. The average molecular weight is 306 g/mol. The van der Waals surface area contributed by atoms with E-state index < -0.39 is 0 Å². The van der Waals surface area contributed by atoms with Crippen molar-refractivity contribution in [3.63, 3.8) is 0 Å². The highest BCUT2D eigenvalue weighted by Gasteiger charge is 2.25. The number of hydrogen-bond donors (Lipinski definition) is 1. The molecular weight excluding hydrogens is 286 g/mol. The summed E-state index contributed by atoms with van der Waals surface area (Å²) in [6, 6.07) is 6.55. The molecule has 0 saturated heterocycles. The Hall–Kier alpha value is -1.52. The molecule has 1 aliphatic rings. The van der Waals surface area contributed by atoms with Gasteiger partial charge in [-0.3, -0.25) is 0 Å². The first kappa shape index (κ1) is 14.4. The van der Waals surface area contributed by atoms with Gasteiger partial charge in [0.25, 0.3) is 0 Å². The molecule has 0 spiro atoms. The van der Waals surface area contributed by atoms with Crippen molar-refractivity contribution >= 4 is 11.6 Å². The largest absolute Gasteiger partial charge is 0.486 e. The first-order chi connectivity index (χ1) is 10.3. The molecule has 0 radical (unpaired) electrons. The molecule has 1 aromatic carbocycles. The summed E-state index contributed by atoms with van der Waals surface area (Å²) in [4.78, 5) is 4.21. The molecule has 4 nitrogen and oxygen atoms in total. The van der Waals surface area contributed by atoms with Crippen molar-refractivity contribution in [3.8, 4) is 5.75 Å². The number of halogens is 1. The van der Waals surface area contributed by atoms with Gasteiger partial charge < -0.3 is 14.6 Å². The average Bonchev–Trinajstić information content (AvgIpc) is 3.23. The smallest absolute Gasteiger partial charge is 0.138 e. The number of hydrogen-bond acceptors (Lipinski definition) is 3. The van der Waals surface area contributed by atoms with E-state index in [0.717, 1.165) is 30.1 Å². The van der Waals surface area contributed by atoms with Gasteiger partial charge in [-0.05, 0) is 37.1 Å². The number of benzene rings is 1. The number of ether oxygens (including phenoxy) is 1. The summed E-state index contributed by atoms with van der Waals surface area (Å²) in [5, 5.41) is 3.94. The van der Waals surface area contributed by atoms with Crippen LogP contribution in [0.15, 0.2) is 30.7 Å². The van der Waals surface area contributed by atoms with Gasteiger partial charge in [0.2, 0.25) is 0 Å². The molecule has 0 unspecified atom stereocenters. The fourth-order valence-electron chi connectivity index (χ4n) is 2.32. The van der Waals surface area contributed by atoms with Crippen molar-refractivity contribution in [2.24, 2.45) is 0 Å². The van der Waals surface area contributed by atoms with Crippen LogP contribution < -0.4 is 10.1 Å². The van der Waals surface area contributed by atoms with Crippen LogP contribution in [0.5, 0.6) is 5.75 Å². The van der Waals surface area contributed by atoms with E-state index in [4.69, 9.17) is 16.3 Å². The molecule has 0 amide bonds. The molecule has 0 atom stereocenters.